The summed E-state index contributed by atoms with van der Waals surface area (Å²) in [5.74, 6) is 0.264. The fraction of sp³-hybridized carbons (Fsp3) is 0.0870. The molecular formula is C23H18ClN3O3. The summed E-state index contributed by atoms with van der Waals surface area (Å²) in [5.41, 5.74) is 9.38. The first-order valence-corrected chi connectivity index (χ1v) is 9.66. The molecule has 0 aliphatic carbocycles. The van der Waals surface area contributed by atoms with Gasteiger partial charge in [-0.15, -0.1) is 10.2 Å². The second-order valence-corrected chi connectivity index (χ2v) is 6.89. The lowest BCUT2D eigenvalue weighted by Crippen LogP contribution is -2.16. The number of esters is 1. The molecule has 0 aliphatic heterocycles. The zero-order chi connectivity index (χ0) is 20.9. The first-order chi connectivity index (χ1) is 14.7. The van der Waals surface area contributed by atoms with E-state index >= 15 is 0 Å². The van der Waals surface area contributed by atoms with Crippen LogP contribution in [0.1, 0.15) is 5.56 Å². The van der Waals surface area contributed by atoms with Crippen LogP contribution in [0.4, 0.5) is 0 Å². The van der Waals surface area contributed by atoms with Gasteiger partial charge in [0.25, 0.3) is 0 Å². The molecule has 0 radical (unpaired) electrons. The summed E-state index contributed by atoms with van der Waals surface area (Å²) in [5, 5.41) is 8.87. The largest absolute Gasteiger partial charge is 0.460 e. The van der Waals surface area contributed by atoms with Crippen LogP contribution in [0.3, 0.4) is 0 Å². The van der Waals surface area contributed by atoms with Crippen molar-refractivity contribution in [2.24, 2.45) is 5.73 Å². The highest BCUT2D eigenvalue weighted by Crippen LogP contribution is 2.36. The third-order valence-electron chi connectivity index (χ3n) is 4.51. The van der Waals surface area contributed by atoms with Crippen molar-refractivity contribution in [2.75, 3.05) is 6.54 Å². The van der Waals surface area contributed by atoms with Crippen molar-refractivity contribution in [2.45, 2.75) is 6.61 Å². The molecule has 0 unspecified atom stereocenters. The van der Waals surface area contributed by atoms with Crippen LogP contribution in [0.5, 0.6) is 0 Å². The fourth-order valence-corrected chi connectivity index (χ4v) is 3.27. The molecule has 4 rings (SSSR count). The lowest BCUT2D eigenvalue weighted by atomic mass is 10.0. The molecule has 0 bridgehead atoms. The minimum absolute atomic E-state index is 0.142. The number of nitrogens with zero attached hydrogens (tertiary/aromatic N) is 2. The molecule has 6 nitrogen and oxygen atoms in total. The van der Waals surface area contributed by atoms with E-state index in [-0.39, 0.29) is 13.2 Å². The third kappa shape index (κ3) is 4.25. The van der Waals surface area contributed by atoms with Gasteiger partial charge in [-0.1, -0.05) is 66.2 Å². The zero-order valence-corrected chi connectivity index (χ0v) is 16.7. The quantitative estimate of drug-likeness (QED) is 0.454. The molecule has 1 heterocycles. The maximum absolute atomic E-state index is 11.2. The van der Waals surface area contributed by atoms with Crippen molar-refractivity contribution >= 4 is 17.6 Å². The molecule has 0 fully saturated rings. The standard InChI is InChI=1S/C23H18ClN3O3/c24-21-18(16-5-2-1-3-6-16)7-4-8-19(21)23-27-26-22(30-23)17-11-9-15(10-12-17)14-29-20(28)13-25/h1-12H,13-14,25H2. The molecule has 0 saturated carbocycles. The van der Waals surface area contributed by atoms with E-state index < -0.39 is 5.97 Å². The Hall–Kier alpha value is -3.48. The number of carbonyl (C=O) groups is 1. The number of ether oxygens (including phenoxy) is 1. The Morgan fingerprint density at radius 3 is 2.30 bits per heavy atom. The molecule has 4 aromatic rings. The number of carbonyl (C=O) groups excluding carboxylic acids is 1. The topological polar surface area (TPSA) is 91.2 Å². The number of aromatic nitrogens is 2. The summed E-state index contributed by atoms with van der Waals surface area (Å²) < 4.78 is 10.9. The van der Waals surface area contributed by atoms with Gasteiger partial charge in [-0.2, -0.15) is 0 Å². The summed E-state index contributed by atoms with van der Waals surface area (Å²) in [6.45, 7) is 0.0180. The lowest BCUT2D eigenvalue weighted by molar-refractivity contribution is -0.143. The molecule has 0 aliphatic rings. The average molecular weight is 420 g/mol. The van der Waals surface area contributed by atoms with Gasteiger partial charge in [0.15, 0.2) is 0 Å². The second kappa shape index (κ2) is 8.90. The van der Waals surface area contributed by atoms with E-state index in [1.165, 1.54) is 0 Å². The number of hydrogen-bond donors (Lipinski definition) is 1. The Morgan fingerprint density at radius 1 is 0.867 bits per heavy atom. The van der Waals surface area contributed by atoms with E-state index in [1.807, 2.05) is 72.8 Å². The van der Waals surface area contributed by atoms with E-state index in [2.05, 4.69) is 10.2 Å². The van der Waals surface area contributed by atoms with Crippen LogP contribution in [0, 0.1) is 0 Å². The average Bonchev–Trinajstić information content (AvgIpc) is 3.28. The SMILES string of the molecule is NCC(=O)OCc1ccc(-c2nnc(-c3cccc(-c4ccccc4)c3Cl)o2)cc1. The van der Waals surface area contributed by atoms with Crippen molar-refractivity contribution in [3.05, 3.63) is 83.4 Å². The van der Waals surface area contributed by atoms with Crippen molar-refractivity contribution in [1.29, 1.82) is 0 Å². The van der Waals surface area contributed by atoms with E-state index in [4.69, 9.17) is 26.5 Å². The summed E-state index contributed by atoms with van der Waals surface area (Å²) in [6, 6.07) is 22.9. The highest BCUT2D eigenvalue weighted by molar-refractivity contribution is 6.35. The van der Waals surface area contributed by atoms with Crippen molar-refractivity contribution in [3.8, 4) is 34.0 Å². The van der Waals surface area contributed by atoms with E-state index in [9.17, 15) is 4.79 Å². The maximum Gasteiger partial charge on any atom is 0.320 e. The Balaban J connectivity index is 1.57. The summed E-state index contributed by atoms with van der Waals surface area (Å²) in [6.07, 6.45) is 0. The lowest BCUT2D eigenvalue weighted by Gasteiger charge is -2.07. The van der Waals surface area contributed by atoms with E-state index in [0.29, 0.717) is 22.4 Å². The Labute approximate surface area is 178 Å². The molecule has 0 atom stereocenters. The normalized spacial score (nSPS) is 10.7. The molecule has 7 heteroatoms. The summed E-state index contributed by atoms with van der Waals surface area (Å²) in [4.78, 5) is 11.2. The highest BCUT2D eigenvalue weighted by atomic mass is 35.5. The van der Waals surface area contributed by atoms with Gasteiger partial charge in [-0.05, 0) is 29.3 Å². The third-order valence-corrected chi connectivity index (χ3v) is 4.91. The Kier molecular flexibility index (Phi) is 5.88. The van der Waals surface area contributed by atoms with Crippen LogP contribution in [-0.2, 0) is 16.1 Å². The van der Waals surface area contributed by atoms with E-state index in [0.717, 1.165) is 22.3 Å². The molecule has 150 valence electrons. The Morgan fingerprint density at radius 2 is 1.57 bits per heavy atom. The molecule has 0 spiro atoms. The molecule has 3 aromatic carbocycles. The molecule has 1 aromatic heterocycles. The minimum Gasteiger partial charge on any atom is -0.460 e. The number of hydrogen-bond acceptors (Lipinski definition) is 6. The van der Waals surface area contributed by atoms with Gasteiger partial charge in [0, 0.05) is 11.1 Å². The monoisotopic (exact) mass is 419 g/mol. The first-order valence-electron chi connectivity index (χ1n) is 9.28. The smallest absolute Gasteiger partial charge is 0.320 e. The predicted octanol–water partition coefficient (Wildman–Crippen LogP) is 4.73. The van der Waals surface area contributed by atoms with E-state index in [1.54, 1.807) is 0 Å². The predicted molar refractivity (Wildman–Crippen MR) is 114 cm³/mol. The highest BCUT2D eigenvalue weighted by Gasteiger charge is 2.16. The number of nitrogens with two attached hydrogens (primary N) is 1. The van der Waals surface area contributed by atoms with Gasteiger partial charge >= 0.3 is 5.97 Å². The number of rotatable bonds is 6. The first kappa shape index (κ1) is 19.8. The van der Waals surface area contributed by atoms with Crippen LogP contribution in [0.25, 0.3) is 34.0 Å². The van der Waals surface area contributed by atoms with Crippen LogP contribution in [0.15, 0.2) is 77.2 Å². The Bertz CT molecular complexity index is 1160. The van der Waals surface area contributed by atoms with Crippen LogP contribution < -0.4 is 5.73 Å². The molecular weight excluding hydrogens is 402 g/mol. The maximum atomic E-state index is 11.2. The second-order valence-electron chi connectivity index (χ2n) is 6.51. The van der Waals surface area contributed by atoms with Gasteiger partial charge < -0.3 is 14.9 Å². The number of benzene rings is 3. The fourth-order valence-electron chi connectivity index (χ4n) is 2.95. The van der Waals surface area contributed by atoms with Gasteiger partial charge in [0.05, 0.1) is 17.1 Å². The zero-order valence-electron chi connectivity index (χ0n) is 15.9. The van der Waals surface area contributed by atoms with Gasteiger partial charge in [-0.3, -0.25) is 4.79 Å². The van der Waals surface area contributed by atoms with Crippen molar-refractivity contribution in [1.82, 2.24) is 10.2 Å². The van der Waals surface area contributed by atoms with Crippen LogP contribution in [0.2, 0.25) is 5.02 Å². The number of halogens is 1. The van der Waals surface area contributed by atoms with Gasteiger partial charge in [0.2, 0.25) is 11.8 Å². The summed E-state index contributed by atoms with van der Waals surface area (Å²) >= 11 is 6.65. The van der Waals surface area contributed by atoms with Crippen LogP contribution in [-0.4, -0.2) is 22.7 Å². The summed E-state index contributed by atoms with van der Waals surface area (Å²) in [7, 11) is 0. The van der Waals surface area contributed by atoms with Crippen LogP contribution >= 0.6 is 11.6 Å². The van der Waals surface area contributed by atoms with Crippen molar-refractivity contribution < 1.29 is 13.9 Å². The molecule has 0 saturated heterocycles. The molecule has 30 heavy (non-hydrogen) atoms. The van der Waals surface area contributed by atoms with Gasteiger partial charge in [0.1, 0.15) is 6.61 Å². The van der Waals surface area contributed by atoms with Gasteiger partial charge in [-0.25, -0.2) is 0 Å². The molecule has 0 amide bonds. The van der Waals surface area contributed by atoms with Crippen molar-refractivity contribution in [3.63, 3.8) is 0 Å². The minimum atomic E-state index is -0.449. The molecule has 2 N–H and O–H groups in total.